The van der Waals surface area contributed by atoms with E-state index in [0.29, 0.717) is 0 Å². The molecule has 108 valence electrons. The van der Waals surface area contributed by atoms with E-state index in [1.54, 1.807) is 0 Å². The maximum atomic E-state index is 5.89. The molecule has 2 atom stereocenters. The molecule has 2 unspecified atom stereocenters. The van der Waals surface area contributed by atoms with Crippen LogP contribution in [0.5, 0.6) is 0 Å². The quantitative estimate of drug-likeness (QED) is 0.885. The van der Waals surface area contributed by atoms with Crippen molar-refractivity contribution < 1.29 is 4.42 Å². The van der Waals surface area contributed by atoms with Gasteiger partial charge in [0.15, 0.2) is 0 Å². The average Bonchev–Trinajstić information content (AvgIpc) is 2.72. The first-order valence-corrected chi connectivity index (χ1v) is 7.61. The third-order valence-corrected chi connectivity index (χ3v) is 4.43. The highest BCUT2D eigenvalue weighted by Crippen LogP contribution is 2.24. The maximum absolute atomic E-state index is 5.89. The molecule has 1 saturated heterocycles. The molecule has 1 aromatic rings. The molecular formula is C16H28N2O. The Bertz CT molecular complexity index is 399. The second-order valence-electron chi connectivity index (χ2n) is 6.05. The maximum Gasteiger partial charge on any atom is 0.118 e. The van der Waals surface area contributed by atoms with Crippen LogP contribution in [0.4, 0.5) is 0 Å². The lowest BCUT2D eigenvalue weighted by atomic mass is 9.89. The summed E-state index contributed by atoms with van der Waals surface area (Å²) in [6.07, 6.45) is 1.31. The summed E-state index contributed by atoms with van der Waals surface area (Å²) in [5, 5.41) is 3.36. The van der Waals surface area contributed by atoms with E-state index in [2.05, 4.69) is 44.0 Å². The lowest BCUT2D eigenvalue weighted by Crippen LogP contribution is -2.37. The van der Waals surface area contributed by atoms with E-state index in [4.69, 9.17) is 4.42 Å². The number of nitrogens with zero attached hydrogens (tertiary/aromatic N) is 1. The molecule has 3 heteroatoms. The smallest absolute Gasteiger partial charge is 0.118 e. The van der Waals surface area contributed by atoms with Gasteiger partial charge in [0.1, 0.15) is 11.5 Å². The molecule has 3 nitrogen and oxygen atoms in total. The van der Waals surface area contributed by atoms with Gasteiger partial charge in [-0.1, -0.05) is 20.8 Å². The van der Waals surface area contributed by atoms with E-state index in [1.807, 2.05) is 0 Å². The van der Waals surface area contributed by atoms with Crippen LogP contribution in [-0.2, 0) is 13.1 Å². The van der Waals surface area contributed by atoms with E-state index in [-0.39, 0.29) is 0 Å². The van der Waals surface area contributed by atoms with Gasteiger partial charge in [-0.3, -0.25) is 4.90 Å². The molecular weight excluding hydrogens is 236 g/mol. The van der Waals surface area contributed by atoms with Crippen LogP contribution in [0.15, 0.2) is 10.5 Å². The lowest BCUT2D eigenvalue weighted by Gasteiger charge is -2.34. The molecule has 1 aliphatic heterocycles. The second-order valence-corrected chi connectivity index (χ2v) is 6.05. The molecule has 1 N–H and O–H groups in total. The van der Waals surface area contributed by atoms with Crippen LogP contribution in [0, 0.1) is 18.8 Å². The average molecular weight is 264 g/mol. The van der Waals surface area contributed by atoms with Crippen LogP contribution in [0.1, 0.15) is 44.3 Å². The van der Waals surface area contributed by atoms with Gasteiger partial charge in [-0.25, -0.2) is 0 Å². The summed E-state index contributed by atoms with van der Waals surface area (Å²) in [6, 6.07) is 2.22. The Morgan fingerprint density at radius 1 is 1.37 bits per heavy atom. The minimum atomic E-state index is 0.797. The Balaban J connectivity index is 1.92. The predicted octanol–water partition coefficient (Wildman–Crippen LogP) is 3.18. The van der Waals surface area contributed by atoms with Gasteiger partial charge in [-0.05, 0) is 44.3 Å². The lowest BCUT2D eigenvalue weighted by molar-refractivity contribution is 0.124. The molecule has 0 radical (unpaired) electrons. The second kappa shape index (κ2) is 6.58. The van der Waals surface area contributed by atoms with Gasteiger partial charge in [0.2, 0.25) is 0 Å². The normalized spacial score (nSPS) is 24.8. The topological polar surface area (TPSA) is 28.4 Å². The SMILES string of the molecule is CCNCc1cc(CN2CCC(C)C(C)C2)oc1C. The van der Waals surface area contributed by atoms with E-state index >= 15 is 0 Å². The summed E-state index contributed by atoms with van der Waals surface area (Å²) in [7, 11) is 0. The van der Waals surface area contributed by atoms with Crippen molar-refractivity contribution >= 4 is 0 Å². The monoisotopic (exact) mass is 264 g/mol. The van der Waals surface area contributed by atoms with Crippen molar-refractivity contribution in [1.29, 1.82) is 0 Å². The molecule has 0 spiro atoms. The molecule has 0 amide bonds. The Morgan fingerprint density at radius 3 is 2.84 bits per heavy atom. The van der Waals surface area contributed by atoms with E-state index in [0.717, 1.165) is 43.0 Å². The third-order valence-electron chi connectivity index (χ3n) is 4.43. The minimum Gasteiger partial charge on any atom is -0.465 e. The van der Waals surface area contributed by atoms with Crippen molar-refractivity contribution in [3.63, 3.8) is 0 Å². The Labute approximate surface area is 117 Å². The van der Waals surface area contributed by atoms with Crippen LogP contribution in [0.2, 0.25) is 0 Å². The zero-order valence-electron chi connectivity index (χ0n) is 12.8. The number of furan rings is 1. The number of piperidine rings is 1. The van der Waals surface area contributed by atoms with Crippen molar-refractivity contribution in [1.82, 2.24) is 10.2 Å². The molecule has 1 aliphatic rings. The fourth-order valence-electron chi connectivity index (χ4n) is 2.81. The summed E-state index contributed by atoms with van der Waals surface area (Å²) < 4.78 is 5.89. The summed E-state index contributed by atoms with van der Waals surface area (Å²) in [4.78, 5) is 2.53. The fraction of sp³-hybridized carbons (Fsp3) is 0.750. The zero-order chi connectivity index (χ0) is 13.8. The fourth-order valence-corrected chi connectivity index (χ4v) is 2.81. The van der Waals surface area contributed by atoms with Crippen LogP contribution >= 0.6 is 0 Å². The summed E-state index contributed by atoms with van der Waals surface area (Å²) in [6.45, 7) is 14.2. The van der Waals surface area contributed by atoms with Crippen LogP contribution < -0.4 is 5.32 Å². The molecule has 0 bridgehead atoms. The van der Waals surface area contributed by atoms with Gasteiger partial charge in [0.25, 0.3) is 0 Å². The third kappa shape index (κ3) is 3.83. The molecule has 2 rings (SSSR count). The van der Waals surface area contributed by atoms with Gasteiger partial charge in [-0.2, -0.15) is 0 Å². The highest BCUT2D eigenvalue weighted by atomic mass is 16.3. The van der Waals surface area contributed by atoms with Crippen LogP contribution in [0.25, 0.3) is 0 Å². The van der Waals surface area contributed by atoms with E-state index < -0.39 is 0 Å². The van der Waals surface area contributed by atoms with Crippen molar-refractivity contribution in [2.75, 3.05) is 19.6 Å². The number of likely N-dealkylation sites (tertiary alicyclic amines) is 1. The Kier molecular flexibility index (Phi) is 5.06. The van der Waals surface area contributed by atoms with Crippen molar-refractivity contribution in [3.8, 4) is 0 Å². The Hall–Kier alpha value is -0.800. The number of hydrogen-bond acceptors (Lipinski definition) is 3. The molecule has 1 fully saturated rings. The number of hydrogen-bond donors (Lipinski definition) is 1. The van der Waals surface area contributed by atoms with Gasteiger partial charge in [0.05, 0.1) is 6.54 Å². The summed E-state index contributed by atoms with van der Waals surface area (Å²) in [5.74, 6) is 3.84. The van der Waals surface area contributed by atoms with Gasteiger partial charge < -0.3 is 9.73 Å². The van der Waals surface area contributed by atoms with Crippen molar-refractivity contribution in [3.05, 3.63) is 23.2 Å². The predicted molar refractivity (Wildman–Crippen MR) is 79.0 cm³/mol. The molecule has 0 aliphatic carbocycles. The van der Waals surface area contributed by atoms with Gasteiger partial charge in [0, 0.05) is 18.7 Å². The van der Waals surface area contributed by atoms with Crippen molar-refractivity contribution in [2.45, 2.75) is 47.2 Å². The highest BCUT2D eigenvalue weighted by Gasteiger charge is 2.23. The van der Waals surface area contributed by atoms with E-state index in [1.165, 1.54) is 25.1 Å². The minimum absolute atomic E-state index is 0.797. The largest absolute Gasteiger partial charge is 0.465 e. The summed E-state index contributed by atoms with van der Waals surface area (Å²) in [5.41, 5.74) is 1.30. The van der Waals surface area contributed by atoms with Gasteiger partial charge in [-0.15, -0.1) is 0 Å². The first-order chi connectivity index (χ1) is 9.10. The molecule has 1 aromatic heterocycles. The van der Waals surface area contributed by atoms with Crippen LogP contribution in [-0.4, -0.2) is 24.5 Å². The zero-order valence-corrected chi connectivity index (χ0v) is 12.8. The number of aryl methyl sites for hydroxylation is 1. The molecule has 0 aromatic carbocycles. The summed E-state index contributed by atoms with van der Waals surface area (Å²) >= 11 is 0. The number of nitrogens with one attached hydrogen (secondary N) is 1. The van der Waals surface area contributed by atoms with Crippen LogP contribution in [0.3, 0.4) is 0 Å². The first kappa shape index (κ1) is 14.6. The first-order valence-electron chi connectivity index (χ1n) is 7.61. The Morgan fingerprint density at radius 2 is 2.16 bits per heavy atom. The van der Waals surface area contributed by atoms with E-state index in [9.17, 15) is 0 Å². The number of rotatable bonds is 5. The van der Waals surface area contributed by atoms with Gasteiger partial charge >= 0.3 is 0 Å². The molecule has 2 heterocycles. The van der Waals surface area contributed by atoms with Crippen molar-refractivity contribution in [2.24, 2.45) is 11.8 Å². The molecule has 0 saturated carbocycles. The molecule has 19 heavy (non-hydrogen) atoms. The highest BCUT2D eigenvalue weighted by molar-refractivity contribution is 5.20. The standard InChI is InChI=1S/C16H28N2O/c1-5-17-9-15-8-16(19-14(15)4)11-18-7-6-12(2)13(3)10-18/h8,12-13,17H,5-7,9-11H2,1-4H3.